The summed E-state index contributed by atoms with van der Waals surface area (Å²) in [4.78, 5) is 12.9. The SMILES string of the molecule is Cc1ccc(C(NC(=O)C2CCN(S(=O)(=O)c3ccc(F)c(Cl)c3)CC2)C2CC2)cc1. The fourth-order valence-corrected chi connectivity index (χ4v) is 5.83. The molecule has 1 N–H and O–H groups in total. The summed E-state index contributed by atoms with van der Waals surface area (Å²) >= 11 is 5.75. The first-order valence-corrected chi connectivity index (χ1v) is 12.4. The van der Waals surface area contributed by atoms with Crippen LogP contribution >= 0.6 is 11.6 Å². The van der Waals surface area contributed by atoms with E-state index in [1.807, 2.05) is 6.92 Å². The second kappa shape index (κ2) is 8.88. The summed E-state index contributed by atoms with van der Waals surface area (Å²) in [5.41, 5.74) is 2.30. The first kappa shape index (κ1) is 22.2. The Labute approximate surface area is 187 Å². The Morgan fingerprint density at radius 3 is 2.32 bits per heavy atom. The Morgan fingerprint density at radius 1 is 1.10 bits per heavy atom. The Hall–Kier alpha value is -1.96. The number of nitrogens with zero attached hydrogens (tertiary/aromatic N) is 1. The molecule has 2 fully saturated rings. The molecule has 8 heteroatoms. The van der Waals surface area contributed by atoms with Gasteiger partial charge in [-0.2, -0.15) is 4.31 Å². The standard InChI is InChI=1S/C23H26ClFN2O3S/c1-15-2-4-16(5-3-15)22(17-6-7-17)26-23(28)18-10-12-27(13-11-18)31(29,30)19-8-9-21(25)20(24)14-19/h2-5,8-9,14,17-18,22H,6-7,10-13H2,1H3,(H,26,28). The Kier molecular flexibility index (Phi) is 6.37. The first-order valence-electron chi connectivity index (χ1n) is 10.6. The molecule has 166 valence electrons. The zero-order valence-corrected chi connectivity index (χ0v) is 18.9. The van der Waals surface area contributed by atoms with Crippen LogP contribution in [0.3, 0.4) is 0 Å². The van der Waals surface area contributed by atoms with Crippen molar-refractivity contribution in [3.8, 4) is 0 Å². The fourth-order valence-electron chi connectivity index (χ4n) is 4.09. The number of benzene rings is 2. The van der Waals surface area contributed by atoms with Crippen molar-refractivity contribution >= 4 is 27.5 Å². The quantitative estimate of drug-likeness (QED) is 0.686. The number of piperidine rings is 1. The van der Waals surface area contributed by atoms with Crippen LogP contribution in [-0.2, 0) is 14.8 Å². The van der Waals surface area contributed by atoms with E-state index in [4.69, 9.17) is 11.6 Å². The molecule has 1 aliphatic carbocycles. The second-order valence-corrected chi connectivity index (χ2v) is 10.8. The lowest BCUT2D eigenvalue weighted by Crippen LogP contribution is -2.44. The van der Waals surface area contributed by atoms with Gasteiger partial charge in [-0.25, -0.2) is 12.8 Å². The zero-order valence-electron chi connectivity index (χ0n) is 17.4. The van der Waals surface area contributed by atoms with E-state index >= 15 is 0 Å². The summed E-state index contributed by atoms with van der Waals surface area (Å²) in [7, 11) is -3.77. The maximum absolute atomic E-state index is 13.4. The van der Waals surface area contributed by atoms with Crippen molar-refractivity contribution in [2.24, 2.45) is 11.8 Å². The number of hydrogen-bond donors (Lipinski definition) is 1. The third-order valence-electron chi connectivity index (χ3n) is 6.18. The Bertz CT molecular complexity index is 1060. The van der Waals surface area contributed by atoms with Gasteiger partial charge in [0.05, 0.1) is 16.0 Å². The van der Waals surface area contributed by atoms with Crippen molar-refractivity contribution in [2.75, 3.05) is 13.1 Å². The van der Waals surface area contributed by atoms with Crippen LogP contribution in [-0.4, -0.2) is 31.7 Å². The van der Waals surface area contributed by atoms with Crippen molar-refractivity contribution in [1.29, 1.82) is 0 Å². The summed E-state index contributed by atoms with van der Waals surface area (Å²) in [5.74, 6) is -0.431. The number of hydrogen-bond acceptors (Lipinski definition) is 3. The molecule has 2 aromatic rings. The van der Waals surface area contributed by atoms with Gasteiger partial charge in [-0.15, -0.1) is 0 Å². The van der Waals surface area contributed by atoms with Crippen LogP contribution in [0.2, 0.25) is 5.02 Å². The number of amides is 1. The molecule has 1 atom stereocenters. The van der Waals surface area contributed by atoms with E-state index in [1.165, 1.54) is 15.9 Å². The lowest BCUT2D eigenvalue weighted by molar-refractivity contribution is -0.127. The van der Waals surface area contributed by atoms with Gasteiger partial charge < -0.3 is 5.32 Å². The molecule has 0 bridgehead atoms. The van der Waals surface area contributed by atoms with Crippen LogP contribution in [0, 0.1) is 24.6 Å². The molecule has 1 amide bonds. The molecule has 2 aliphatic rings. The van der Waals surface area contributed by atoms with Crippen LogP contribution in [0.1, 0.15) is 42.9 Å². The van der Waals surface area contributed by atoms with Gasteiger partial charge in [-0.05, 0) is 62.3 Å². The Morgan fingerprint density at radius 2 is 1.74 bits per heavy atom. The van der Waals surface area contributed by atoms with Crippen molar-refractivity contribution in [3.63, 3.8) is 0 Å². The fraction of sp³-hybridized carbons (Fsp3) is 0.435. The van der Waals surface area contributed by atoms with Gasteiger partial charge in [0.15, 0.2) is 0 Å². The normalized spacial score (nSPS) is 19.2. The highest BCUT2D eigenvalue weighted by molar-refractivity contribution is 7.89. The summed E-state index contributed by atoms with van der Waals surface area (Å²) in [6.07, 6.45) is 3.11. The molecule has 1 saturated heterocycles. The molecule has 5 nitrogen and oxygen atoms in total. The zero-order chi connectivity index (χ0) is 22.2. The third-order valence-corrected chi connectivity index (χ3v) is 8.37. The highest BCUT2D eigenvalue weighted by atomic mass is 35.5. The van der Waals surface area contributed by atoms with Crippen molar-refractivity contribution in [2.45, 2.75) is 43.5 Å². The molecule has 0 radical (unpaired) electrons. The number of sulfonamides is 1. The van der Waals surface area contributed by atoms with E-state index in [1.54, 1.807) is 0 Å². The van der Waals surface area contributed by atoms with Crippen LogP contribution < -0.4 is 5.32 Å². The highest BCUT2D eigenvalue weighted by Gasteiger charge is 2.37. The van der Waals surface area contributed by atoms with Crippen molar-refractivity contribution in [1.82, 2.24) is 9.62 Å². The van der Waals surface area contributed by atoms with Gasteiger partial charge in [-0.3, -0.25) is 4.79 Å². The van der Waals surface area contributed by atoms with E-state index < -0.39 is 15.8 Å². The van der Waals surface area contributed by atoms with E-state index in [9.17, 15) is 17.6 Å². The number of carbonyl (C=O) groups excluding carboxylic acids is 1. The van der Waals surface area contributed by atoms with Crippen LogP contribution in [0.4, 0.5) is 4.39 Å². The lowest BCUT2D eigenvalue weighted by atomic mass is 9.95. The number of aryl methyl sites for hydroxylation is 1. The third kappa shape index (κ3) is 4.94. The minimum Gasteiger partial charge on any atom is -0.349 e. The molecule has 2 aromatic carbocycles. The van der Waals surface area contributed by atoms with E-state index in [2.05, 4.69) is 29.6 Å². The smallest absolute Gasteiger partial charge is 0.243 e. The minimum atomic E-state index is -3.77. The van der Waals surface area contributed by atoms with Crippen molar-refractivity contribution < 1.29 is 17.6 Å². The van der Waals surface area contributed by atoms with Crippen LogP contribution in [0.25, 0.3) is 0 Å². The maximum Gasteiger partial charge on any atom is 0.243 e. The maximum atomic E-state index is 13.4. The summed E-state index contributed by atoms with van der Waals surface area (Å²) in [5, 5.41) is 2.99. The van der Waals surface area contributed by atoms with Crippen LogP contribution in [0.15, 0.2) is 47.4 Å². The second-order valence-electron chi connectivity index (χ2n) is 8.49. The molecule has 4 rings (SSSR count). The topological polar surface area (TPSA) is 66.5 Å². The van der Waals surface area contributed by atoms with Gasteiger partial charge in [0.1, 0.15) is 5.82 Å². The largest absolute Gasteiger partial charge is 0.349 e. The molecular formula is C23H26ClFN2O3S. The number of rotatable bonds is 6. The average molecular weight is 465 g/mol. The highest BCUT2D eigenvalue weighted by Crippen LogP contribution is 2.41. The molecule has 1 saturated carbocycles. The number of nitrogens with one attached hydrogen (secondary N) is 1. The van der Waals surface area contributed by atoms with Gasteiger partial charge in [-0.1, -0.05) is 41.4 Å². The predicted octanol–water partition coefficient (Wildman–Crippen LogP) is 4.46. The lowest BCUT2D eigenvalue weighted by Gasteiger charge is -2.31. The van der Waals surface area contributed by atoms with Crippen molar-refractivity contribution in [3.05, 3.63) is 64.4 Å². The van der Waals surface area contributed by atoms with E-state index in [-0.39, 0.29) is 40.9 Å². The molecule has 0 spiro atoms. The molecule has 1 heterocycles. The van der Waals surface area contributed by atoms with Gasteiger partial charge >= 0.3 is 0 Å². The molecule has 1 aliphatic heterocycles. The van der Waals surface area contributed by atoms with Crippen LogP contribution in [0.5, 0.6) is 0 Å². The Balaban J connectivity index is 1.39. The van der Waals surface area contributed by atoms with E-state index in [0.717, 1.165) is 30.5 Å². The molecule has 31 heavy (non-hydrogen) atoms. The minimum absolute atomic E-state index is 0.0104. The molecular weight excluding hydrogens is 439 g/mol. The van der Waals surface area contributed by atoms with Gasteiger partial charge in [0, 0.05) is 19.0 Å². The number of carbonyl (C=O) groups is 1. The molecule has 0 aromatic heterocycles. The summed E-state index contributed by atoms with van der Waals surface area (Å²) in [6, 6.07) is 11.7. The monoisotopic (exact) mass is 464 g/mol. The predicted molar refractivity (Wildman–Crippen MR) is 118 cm³/mol. The van der Waals surface area contributed by atoms with Gasteiger partial charge in [0.25, 0.3) is 0 Å². The van der Waals surface area contributed by atoms with Gasteiger partial charge in [0.2, 0.25) is 15.9 Å². The molecule has 1 unspecified atom stereocenters. The summed E-state index contributed by atoms with van der Waals surface area (Å²) in [6.45, 7) is 2.53. The first-order chi connectivity index (χ1) is 14.8. The average Bonchev–Trinajstić information content (AvgIpc) is 3.60. The number of halogens is 2. The summed E-state index contributed by atoms with van der Waals surface area (Å²) < 4.78 is 40.5. The van der Waals surface area contributed by atoms with E-state index in [0.29, 0.717) is 18.8 Å².